The molecule has 3 N–H and O–H groups in total. The van der Waals surface area contributed by atoms with Gasteiger partial charge >= 0.3 is 6.18 Å². The second kappa shape index (κ2) is 18.4. The van der Waals surface area contributed by atoms with Gasteiger partial charge in [-0.05, 0) is 79.4 Å². The highest BCUT2D eigenvalue weighted by Crippen LogP contribution is 2.35. The van der Waals surface area contributed by atoms with Gasteiger partial charge in [-0.1, -0.05) is 48.0 Å². The van der Waals surface area contributed by atoms with Gasteiger partial charge in [0.1, 0.15) is 11.5 Å². The van der Waals surface area contributed by atoms with E-state index in [9.17, 15) is 31.7 Å². The van der Waals surface area contributed by atoms with E-state index in [1.165, 1.54) is 24.3 Å². The average molecular weight is 809 g/mol. The summed E-state index contributed by atoms with van der Waals surface area (Å²) in [6, 6.07) is 25.7. The molecule has 0 radical (unpaired) electrons. The van der Waals surface area contributed by atoms with Crippen LogP contribution in [0.15, 0.2) is 117 Å². The fourth-order valence-electron chi connectivity index (χ4n) is 6.61. The molecule has 0 amide bonds. The predicted octanol–water partition coefficient (Wildman–Crippen LogP) is 7.69. The lowest BCUT2D eigenvalue weighted by atomic mass is 9.98. The van der Waals surface area contributed by atoms with Crippen molar-refractivity contribution in [3.63, 3.8) is 0 Å². The summed E-state index contributed by atoms with van der Waals surface area (Å²) in [5.74, 6) is 0.344. The minimum atomic E-state index is -4.43. The Hall–Kier alpha value is -4.90. The van der Waals surface area contributed by atoms with E-state index in [0.29, 0.717) is 56.9 Å². The quantitative estimate of drug-likeness (QED) is 0.0428. The van der Waals surface area contributed by atoms with Gasteiger partial charge in [-0.25, -0.2) is 0 Å². The summed E-state index contributed by atoms with van der Waals surface area (Å²) in [6.07, 6.45) is -0.949. The molecule has 11 nitrogen and oxygen atoms in total. The van der Waals surface area contributed by atoms with Crippen molar-refractivity contribution in [2.45, 2.75) is 41.3 Å². The number of nitro groups is 1. The third-order valence-corrected chi connectivity index (χ3v) is 12.2. The standard InChI is InChI=1S/C40H43F3N6O5S2/c41-40(42,43)36-9-5-4-6-31(36)26-29-16-20-48(21-17-29)33-12-10-30(11-13-33)39(44)46-56(52,53)35-14-15-37(38(27-35)49(50)51)45-32(18-19-47-22-24-54-25-23-47)28-55-34-7-2-1-3-8-34/h1-15,26-27,32,45H,16-25,28H2,(H2,44,46)/t32-/m1/s1. The molecule has 2 heterocycles. The smallest absolute Gasteiger partial charge is 0.383 e. The van der Waals surface area contributed by atoms with Crippen molar-refractivity contribution in [3.8, 4) is 0 Å². The van der Waals surface area contributed by atoms with E-state index >= 15 is 0 Å². The molecule has 0 aliphatic carbocycles. The molecule has 1 atom stereocenters. The number of hydrogen-bond acceptors (Lipinski definition) is 9. The normalized spacial score (nSPS) is 16.4. The number of rotatable bonds is 14. The predicted molar refractivity (Wildman–Crippen MR) is 215 cm³/mol. The number of nitro benzene ring substituents is 1. The van der Waals surface area contributed by atoms with Crippen LogP contribution in [-0.4, -0.2) is 81.8 Å². The number of piperidine rings is 1. The maximum Gasteiger partial charge on any atom is 0.416 e. The van der Waals surface area contributed by atoms with Gasteiger partial charge in [-0.15, -0.1) is 16.2 Å². The maximum atomic E-state index is 13.5. The summed E-state index contributed by atoms with van der Waals surface area (Å²) in [5.41, 5.74) is 7.56. The van der Waals surface area contributed by atoms with Crippen LogP contribution in [0.3, 0.4) is 0 Å². The number of alkyl halides is 3. The number of nitrogens with one attached hydrogen (secondary N) is 1. The van der Waals surface area contributed by atoms with E-state index in [0.717, 1.165) is 47.9 Å². The summed E-state index contributed by atoms with van der Waals surface area (Å²) < 4.78 is 76.5. The summed E-state index contributed by atoms with van der Waals surface area (Å²) in [6.45, 7) is 4.88. The van der Waals surface area contributed by atoms with E-state index in [2.05, 4.69) is 19.5 Å². The lowest BCUT2D eigenvalue weighted by Gasteiger charge is -2.30. The second-order valence-electron chi connectivity index (χ2n) is 13.5. The van der Waals surface area contributed by atoms with E-state index in [1.807, 2.05) is 30.3 Å². The van der Waals surface area contributed by atoms with Crippen LogP contribution in [0.1, 0.15) is 36.0 Å². The summed E-state index contributed by atoms with van der Waals surface area (Å²) in [7, 11) is -4.43. The highest BCUT2D eigenvalue weighted by Gasteiger charge is 2.32. The van der Waals surface area contributed by atoms with Crippen LogP contribution in [0.2, 0.25) is 0 Å². The van der Waals surface area contributed by atoms with Gasteiger partial charge < -0.3 is 20.7 Å². The van der Waals surface area contributed by atoms with Crippen molar-refractivity contribution < 1.29 is 31.2 Å². The highest BCUT2D eigenvalue weighted by atomic mass is 32.2. The molecular weight excluding hydrogens is 766 g/mol. The molecule has 4 aromatic rings. The van der Waals surface area contributed by atoms with Crippen molar-refractivity contribution in [3.05, 3.63) is 129 Å². The molecule has 0 aromatic heterocycles. The fraction of sp³-hybridized carbons (Fsp3) is 0.325. The largest absolute Gasteiger partial charge is 0.416 e. The first-order chi connectivity index (χ1) is 26.9. The van der Waals surface area contributed by atoms with Crippen molar-refractivity contribution >= 4 is 50.8 Å². The Morgan fingerprint density at radius 3 is 2.32 bits per heavy atom. The highest BCUT2D eigenvalue weighted by molar-refractivity contribution is 7.99. The summed E-state index contributed by atoms with van der Waals surface area (Å²) >= 11 is 1.63. The van der Waals surface area contributed by atoms with E-state index < -0.39 is 32.4 Å². The van der Waals surface area contributed by atoms with Crippen LogP contribution in [0, 0.1) is 10.1 Å². The minimum absolute atomic E-state index is 0.150. The average Bonchev–Trinajstić information content (AvgIpc) is 3.19. The first-order valence-corrected chi connectivity index (χ1v) is 20.6. The van der Waals surface area contributed by atoms with Gasteiger partial charge in [-0.3, -0.25) is 15.0 Å². The molecule has 2 aliphatic rings. The van der Waals surface area contributed by atoms with Gasteiger partial charge in [0.2, 0.25) is 0 Å². The zero-order valence-corrected chi connectivity index (χ0v) is 32.2. The SMILES string of the molecule is N/C(=N\S(=O)(=O)c1ccc(N[C@H](CCN2CCOCC2)CSc2ccccc2)c([N+](=O)[O-])c1)c1ccc(N2CCC(=Cc3ccccc3C(F)(F)F)CC2)cc1. The zero-order chi connectivity index (χ0) is 39.7. The van der Waals surface area contributed by atoms with Crippen molar-refractivity contribution in [2.24, 2.45) is 10.1 Å². The third kappa shape index (κ3) is 10.9. The van der Waals surface area contributed by atoms with Gasteiger partial charge in [0, 0.05) is 66.7 Å². The van der Waals surface area contributed by atoms with Crippen LogP contribution in [0.4, 0.5) is 30.2 Å². The van der Waals surface area contributed by atoms with Gasteiger partial charge in [0.25, 0.3) is 15.7 Å². The van der Waals surface area contributed by atoms with Crippen LogP contribution in [-0.2, 0) is 20.9 Å². The number of thioether (sulfide) groups is 1. The fourth-order valence-corrected chi connectivity index (χ4v) is 8.58. The number of morpholine rings is 1. The lowest BCUT2D eigenvalue weighted by molar-refractivity contribution is -0.384. The van der Waals surface area contributed by atoms with Crippen molar-refractivity contribution in [1.82, 2.24) is 4.90 Å². The van der Waals surface area contributed by atoms with Crippen molar-refractivity contribution in [2.75, 3.05) is 61.9 Å². The Kier molecular flexibility index (Phi) is 13.4. The van der Waals surface area contributed by atoms with Crippen LogP contribution >= 0.6 is 11.8 Å². The number of amidine groups is 1. The Balaban J connectivity index is 1.12. The molecule has 6 rings (SSSR count). The number of anilines is 2. The Morgan fingerprint density at radius 2 is 1.64 bits per heavy atom. The number of benzene rings is 4. The first-order valence-electron chi connectivity index (χ1n) is 18.2. The Labute approximate surface area is 328 Å². The van der Waals surface area contributed by atoms with E-state index in [4.69, 9.17) is 10.5 Å². The Bertz CT molecular complexity index is 2140. The zero-order valence-electron chi connectivity index (χ0n) is 30.5. The lowest BCUT2D eigenvalue weighted by Crippen LogP contribution is -2.39. The summed E-state index contributed by atoms with van der Waals surface area (Å²) in [5, 5.41) is 15.6. The maximum absolute atomic E-state index is 13.5. The molecule has 56 heavy (non-hydrogen) atoms. The molecule has 2 saturated heterocycles. The van der Waals surface area contributed by atoms with Gasteiger partial charge in [-0.2, -0.15) is 21.6 Å². The summed E-state index contributed by atoms with van der Waals surface area (Å²) in [4.78, 5) is 16.7. The monoisotopic (exact) mass is 808 g/mol. The number of hydrogen-bond donors (Lipinski definition) is 2. The molecule has 296 valence electrons. The minimum Gasteiger partial charge on any atom is -0.383 e. The number of nitrogens with two attached hydrogens (primary N) is 1. The van der Waals surface area contributed by atoms with Gasteiger partial charge in [0.05, 0.1) is 28.6 Å². The molecule has 4 aromatic carbocycles. The second-order valence-corrected chi connectivity index (χ2v) is 16.2. The molecule has 2 aliphatic heterocycles. The molecule has 0 saturated carbocycles. The first kappa shape index (κ1) is 40.8. The topological polar surface area (TPSA) is 143 Å². The molecule has 0 unspecified atom stereocenters. The molecule has 2 fully saturated rings. The third-order valence-electron chi connectivity index (χ3n) is 9.69. The van der Waals surface area contributed by atoms with Crippen LogP contribution in [0.5, 0.6) is 0 Å². The molecular formula is C40H43F3N6O5S2. The number of halogens is 3. The molecule has 16 heteroatoms. The van der Waals surface area contributed by atoms with Gasteiger partial charge in [0.15, 0.2) is 0 Å². The van der Waals surface area contributed by atoms with Crippen LogP contribution in [0.25, 0.3) is 6.08 Å². The molecule has 0 bridgehead atoms. The van der Waals surface area contributed by atoms with Crippen LogP contribution < -0.4 is 16.0 Å². The molecule has 0 spiro atoms. The Morgan fingerprint density at radius 1 is 0.964 bits per heavy atom. The number of nitrogens with zero attached hydrogens (tertiary/aromatic N) is 4. The van der Waals surface area contributed by atoms with Crippen molar-refractivity contribution in [1.29, 1.82) is 0 Å². The number of ether oxygens (including phenoxy) is 1. The van der Waals surface area contributed by atoms with E-state index in [1.54, 1.807) is 48.2 Å². The van der Waals surface area contributed by atoms with E-state index in [-0.39, 0.29) is 28.0 Å². The number of sulfonamides is 1.